The molecule has 1 N–H and O–H groups in total. The number of nitrogens with one attached hydrogen (secondary N) is 1. The second kappa shape index (κ2) is 7.85. The molecule has 2 fully saturated rings. The molecule has 110 valence electrons. The number of ether oxygens (including phenoxy) is 1. The molecule has 0 aromatic carbocycles. The smallest absolute Gasteiger partial charge is 0.319 e. The van der Waals surface area contributed by atoms with Gasteiger partial charge in [-0.3, -0.25) is 9.69 Å². The molecule has 2 rings (SSSR count). The van der Waals surface area contributed by atoms with Crippen LogP contribution in [-0.4, -0.2) is 50.2 Å². The summed E-state index contributed by atoms with van der Waals surface area (Å²) in [6.45, 7) is 3.62. The first kappa shape index (κ1) is 14.8. The zero-order chi connectivity index (χ0) is 13.5. The first-order valence-corrected chi connectivity index (χ1v) is 7.80. The minimum Gasteiger partial charge on any atom is -0.468 e. The lowest BCUT2D eigenvalue weighted by atomic mass is 9.89. The van der Waals surface area contributed by atoms with E-state index in [0.717, 1.165) is 25.6 Å². The number of rotatable bonds is 5. The fraction of sp³-hybridized carbons (Fsp3) is 0.933. The van der Waals surface area contributed by atoms with Gasteiger partial charge in [-0.15, -0.1) is 0 Å². The third-order valence-corrected chi connectivity index (χ3v) is 4.51. The fourth-order valence-electron chi connectivity index (χ4n) is 3.34. The lowest BCUT2D eigenvalue weighted by Crippen LogP contribution is -2.48. The van der Waals surface area contributed by atoms with Crippen LogP contribution < -0.4 is 5.32 Å². The van der Waals surface area contributed by atoms with Gasteiger partial charge < -0.3 is 10.1 Å². The molecule has 1 aliphatic heterocycles. The van der Waals surface area contributed by atoms with Crippen molar-refractivity contribution in [2.75, 3.05) is 33.3 Å². The molecular weight excluding hydrogens is 240 g/mol. The van der Waals surface area contributed by atoms with Crippen molar-refractivity contribution in [2.24, 2.45) is 5.92 Å². The van der Waals surface area contributed by atoms with Crippen molar-refractivity contribution in [2.45, 2.75) is 51.0 Å². The molecule has 1 atom stereocenters. The molecule has 0 bridgehead atoms. The summed E-state index contributed by atoms with van der Waals surface area (Å²) in [4.78, 5) is 13.5. The summed E-state index contributed by atoms with van der Waals surface area (Å²) in [6, 6.07) is 0.556. The first-order chi connectivity index (χ1) is 9.28. The standard InChI is InChI=1S/C15H28N2O2/c1-19-15(18)12-17-9-5-8-14(11-17)16-10-13-6-3-2-4-7-13/h13-14,16H,2-12H2,1H3. The van der Waals surface area contributed by atoms with Crippen LogP contribution in [0.2, 0.25) is 0 Å². The van der Waals surface area contributed by atoms with E-state index in [-0.39, 0.29) is 5.97 Å². The van der Waals surface area contributed by atoms with Crippen LogP contribution in [0.5, 0.6) is 0 Å². The number of esters is 1. The molecule has 2 aliphatic rings. The second-order valence-electron chi connectivity index (χ2n) is 6.06. The second-order valence-corrected chi connectivity index (χ2v) is 6.06. The Morgan fingerprint density at radius 1 is 1.21 bits per heavy atom. The van der Waals surface area contributed by atoms with Crippen molar-refractivity contribution in [1.82, 2.24) is 10.2 Å². The average molecular weight is 268 g/mol. The number of piperidine rings is 1. The predicted molar refractivity (Wildman–Crippen MR) is 76.1 cm³/mol. The van der Waals surface area contributed by atoms with E-state index in [4.69, 9.17) is 4.74 Å². The van der Waals surface area contributed by atoms with Crippen molar-refractivity contribution in [3.8, 4) is 0 Å². The van der Waals surface area contributed by atoms with Crippen LogP contribution in [0.1, 0.15) is 44.9 Å². The highest BCUT2D eigenvalue weighted by Gasteiger charge is 2.22. The molecule has 1 aliphatic carbocycles. The van der Waals surface area contributed by atoms with Crippen LogP contribution in [0.25, 0.3) is 0 Å². The van der Waals surface area contributed by atoms with Gasteiger partial charge in [0.2, 0.25) is 0 Å². The molecule has 4 nitrogen and oxygen atoms in total. The Morgan fingerprint density at radius 2 is 2.00 bits per heavy atom. The number of likely N-dealkylation sites (tertiary alicyclic amines) is 1. The van der Waals surface area contributed by atoms with E-state index in [1.165, 1.54) is 52.1 Å². The van der Waals surface area contributed by atoms with Gasteiger partial charge in [0.25, 0.3) is 0 Å². The molecule has 0 radical (unpaired) electrons. The molecule has 0 amide bonds. The molecule has 1 unspecified atom stereocenters. The van der Waals surface area contributed by atoms with Gasteiger partial charge in [0, 0.05) is 12.6 Å². The van der Waals surface area contributed by atoms with Gasteiger partial charge in [-0.05, 0) is 44.7 Å². The van der Waals surface area contributed by atoms with Crippen LogP contribution in [0.15, 0.2) is 0 Å². The van der Waals surface area contributed by atoms with Crippen LogP contribution in [-0.2, 0) is 9.53 Å². The monoisotopic (exact) mass is 268 g/mol. The van der Waals surface area contributed by atoms with Crippen molar-refractivity contribution in [1.29, 1.82) is 0 Å². The Kier molecular flexibility index (Phi) is 6.11. The highest BCUT2D eigenvalue weighted by atomic mass is 16.5. The Balaban J connectivity index is 1.67. The minimum absolute atomic E-state index is 0.118. The normalized spacial score (nSPS) is 26.3. The van der Waals surface area contributed by atoms with Gasteiger partial charge in [0.15, 0.2) is 0 Å². The van der Waals surface area contributed by atoms with Crippen molar-refractivity contribution >= 4 is 5.97 Å². The van der Waals surface area contributed by atoms with E-state index in [9.17, 15) is 4.79 Å². The van der Waals surface area contributed by atoms with Gasteiger partial charge in [-0.1, -0.05) is 19.3 Å². The number of carbonyl (C=O) groups is 1. The highest BCUT2D eigenvalue weighted by Crippen LogP contribution is 2.23. The zero-order valence-corrected chi connectivity index (χ0v) is 12.2. The van der Waals surface area contributed by atoms with Crippen molar-refractivity contribution < 1.29 is 9.53 Å². The molecule has 1 heterocycles. The van der Waals surface area contributed by atoms with E-state index in [2.05, 4.69) is 10.2 Å². The summed E-state index contributed by atoms with van der Waals surface area (Å²) in [6.07, 6.45) is 9.45. The average Bonchev–Trinajstić information content (AvgIpc) is 2.46. The van der Waals surface area contributed by atoms with Gasteiger partial charge in [0.1, 0.15) is 0 Å². The summed E-state index contributed by atoms with van der Waals surface area (Å²) in [5.41, 5.74) is 0. The zero-order valence-electron chi connectivity index (χ0n) is 12.2. The lowest BCUT2D eigenvalue weighted by Gasteiger charge is -2.33. The van der Waals surface area contributed by atoms with Gasteiger partial charge >= 0.3 is 5.97 Å². The summed E-state index contributed by atoms with van der Waals surface area (Å²) in [7, 11) is 1.46. The van der Waals surface area contributed by atoms with Crippen LogP contribution >= 0.6 is 0 Å². The number of carbonyl (C=O) groups excluding carboxylic acids is 1. The molecule has 0 spiro atoms. The number of hydrogen-bond donors (Lipinski definition) is 1. The summed E-state index contributed by atoms with van der Waals surface area (Å²) >= 11 is 0. The molecule has 0 aromatic rings. The maximum Gasteiger partial charge on any atom is 0.319 e. The predicted octanol–water partition coefficient (Wildman–Crippen LogP) is 1.79. The molecule has 19 heavy (non-hydrogen) atoms. The maximum absolute atomic E-state index is 11.3. The van der Waals surface area contributed by atoms with Gasteiger partial charge in [0.05, 0.1) is 13.7 Å². The Hall–Kier alpha value is -0.610. The highest BCUT2D eigenvalue weighted by molar-refractivity contribution is 5.71. The van der Waals surface area contributed by atoms with E-state index >= 15 is 0 Å². The number of hydrogen-bond acceptors (Lipinski definition) is 4. The third kappa shape index (κ3) is 5.11. The SMILES string of the molecule is COC(=O)CN1CCCC(NCC2CCCCC2)C1. The van der Waals surface area contributed by atoms with E-state index in [1.54, 1.807) is 0 Å². The molecule has 4 heteroatoms. The van der Waals surface area contributed by atoms with E-state index in [0.29, 0.717) is 12.6 Å². The quantitative estimate of drug-likeness (QED) is 0.772. The van der Waals surface area contributed by atoms with Crippen LogP contribution in [0, 0.1) is 5.92 Å². The van der Waals surface area contributed by atoms with Crippen molar-refractivity contribution in [3.63, 3.8) is 0 Å². The largest absolute Gasteiger partial charge is 0.468 e. The lowest BCUT2D eigenvalue weighted by molar-refractivity contribution is -0.142. The molecule has 1 saturated heterocycles. The van der Waals surface area contributed by atoms with Crippen LogP contribution in [0.4, 0.5) is 0 Å². The topological polar surface area (TPSA) is 41.6 Å². The Bertz CT molecular complexity index is 277. The third-order valence-electron chi connectivity index (χ3n) is 4.51. The van der Waals surface area contributed by atoms with Gasteiger partial charge in [-0.2, -0.15) is 0 Å². The molecule has 1 saturated carbocycles. The van der Waals surface area contributed by atoms with Crippen molar-refractivity contribution in [3.05, 3.63) is 0 Å². The molecular formula is C15H28N2O2. The minimum atomic E-state index is -0.118. The van der Waals surface area contributed by atoms with E-state index in [1.807, 2.05) is 0 Å². The van der Waals surface area contributed by atoms with E-state index < -0.39 is 0 Å². The maximum atomic E-state index is 11.3. The molecule has 0 aromatic heterocycles. The first-order valence-electron chi connectivity index (χ1n) is 7.80. The fourth-order valence-corrected chi connectivity index (χ4v) is 3.34. The van der Waals surface area contributed by atoms with Gasteiger partial charge in [-0.25, -0.2) is 0 Å². The summed E-state index contributed by atoms with van der Waals surface area (Å²) in [5.74, 6) is 0.762. The summed E-state index contributed by atoms with van der Waals surface area (Å²) < 4.78 is 4.74. The Labute approximate surface area is 116 Å². The summed E-state index contributed by atoms with van der Waals surface area (Å²) in [5, 5.41) is 3.72. The Morgan fingerprint density at radius 3 is 2.74 bits per heavy atom. The number of nitrogens with zero attached hydrogens (tertiary/aromatic N) is 1. The number of methoxy groups -OCH3 is 1. The van der Waals surface area contributed by atoms with Crippen LogP contribution in [0.3, 0.4) is 0 Å².